The number of nitrogens with zero attached hydrogens (tertiary/aromatic N) is 2. The first-order chi connectivity index (χ1) is 18.7. The van der Waals surface area contributed by atoms with Crippen LogP contribution in [0.2, 0.25) is 10.0 Å². The van der Waals surface area contributed by atoms with Crippen molar-refractivity contribution in [3.05, 3.63) is 97.6 Å². The van der Waals surface area contributed by atoms with Gasteiger partial charge in [0.2, 0.25) is 5.91 Å². The Morgan fingerprint density at radius 3 is 2.41 bits per heavy atom. The molecule has 13 heteroatoms. The minimum absolute atomic E-state index is 0.0450. The van der Waals surface area contributed by atoms with Gasteiger partial charge in [-0.05, 0) is 53.6 Å². The number of hydrogen-bond acceptors (Lipinski definition) is 7. The average molecular weight is 571 g/mol. The molecule has 0 atom stereocenters. The first kappa shape index (κ1) is 27.4. The molecule has 0 radical (unpaired) electrons. The molecule has 0 saturated carbocycles. The predicted molar refractivity (Wildman–Crippen MR) is 144 cm³/mol. The molecule has 0 bridgehead atoms. The van der Waals surface area contributed by atoms with Gasteiger partial charge < -0.3 is 20.1 Å². The summed E-state index contributed by atoms with van der Waals surface area (Å²) in [5, 5.41) is 16.1. The van der Waals surface area contributed by atoms with Gasteiger partial charge in [-0.15, -0.1) is 0 Å². The van der Waals surface area contributed by atoms with Gasteiger partial charge in [-0.25, -0.2) is 9.69 Å². The number of nitro groups is 1. The Hall–Kier alpha value is -4.61. The highest BCUT2D eigenvalue weighted by Crippen LogP contribution is 2.35. The number of non-ortho nitro benzene ring substituents is 1. The van der Waals surface area contributed by atoms with Gasteiger partial charge in [-0.3, -0.25) is 19.7 Å². The highest BCUT2D eigenvalue weighted by Gasteiger charge is 2.35. The van der Waals surface area contributed by atoms with E-state index in [4.69, 9.17) is 32.7 Å². The number of carbonyl (C=O) groups is 3. The molecule has 3 aromatic rings. The Morgan fingerprint density at radius 1 is 1.10 bits per heavy atom. The molecule has 4 rings (SSSR count). The highest BCUT2D eigenvalue weighted by molar-refractivity contribution is 6.37. The lowest BCUT2D eigenvalue weighted by atomic mass is 10.1. The summed E-state index contributed by atoms with van der Waals surface area (Å²) in [6.07, 6.45) is 1.37. The number of urea groups is 1. The zero-order valence-corrected chi connectivity index (χ0v) is 21.8. The quantitative estimate of drug-likeness (QED) is 0.159. The SMILES string of the molecule is COc1ccccc1NC(=O)CN1C(=O)N/C(=C/c2cc(Cl)c(OCc3ccc([N+](=O)[O-])cc3)c(Cl)c2)C1=O. The highest BCUT2D eigenvalue weighted by atomic mass is 35.5. The molecule has 2 N–H and O–H groups in total. The van der Waals surface area contributed by atoms with E-state index >= 15 is 0 Å². The maximum Gasteiger partial charge on any atom is 0.329 e. The topological polar surface area (TPSA) is 140 Å². The number of benzene rings is 3. The second-order valence-electron chi connectivity index (χ2n) is 8.15. The molecular formula is C26H20Cl2N4O7. The van der Waals surface area contributed by atoms with Crippen LogP contribution in [0.4, 0.5) is 16.2 Å². The van der Waals surface area contributed by atoms with Gasteiger partial charge in [0.05, 0.1) is 27.8 Å². The number of imide groups is 1. The third kappa shape index (κ3) is 6.46. The Kier molecular flexibility index (Phi) is 8.33. The van der Waals surface area contributed by atoms with E-state index < -0.39 is 29.3 Å². The van der Waals surface area contributed by atoms with Gasteiger partial charge in [0.1, 0.15) is 24.6 Å². The van der Waals surface area contributed by atoms with Crippen LogP contribution in [0.1, 0.15) is 11.1 Å². The van der Waals surface area contributed by atoms with Crippen molar-refractivity contribution < 1.29 is 28.8 Å². The Bertz CT molecular complexity index is 1470. The molecule has 1 fully saturated rings. The van der Waals surface area contributed by atoms with Crippen LogP contribution in [0.3, 0.4) is 0 Å². The maximum absolute atomic E-state index is 12.8. The van der Waals surface area contributed by atoms with E-state index in [2.05, 4.69) is 10.6 Å². The number of rotatable bonds is 9. The van der Waals surface area contributed by atoms with E-state index in [9.17, 15) is 24.5 Å². The maximum atomic E-state index is 12.8. The number of halogens is 2. The summed E-state index contributed by atoms with van der Waals surface area (Å²) >= 11 is 12.7. The Balaban J connectivity index is 1.43. The van der Waals surface area contributed by atoms with Crippen LogP contribution in [0.25, 0.3) is 6.08 Å². The summed E-state index contributed by atoms with van der Waals surface area (Å²) < 4.78 is 10.9. The van der Waals surface area contributed by atoms with Gasteiger partial charge >= 0.3 is 6.03 Å². The third-order valence-corrected chi connectivity index (χ3v) is 6.07. The van der Waals surface area contributed by atoms with Crippen LogP contribution in [0.5, 0.6) is 11.5 Å². The number of ether oxygens (including phenoxy) is 2. The second kappa shape index (κ2) is 11.8. The molecule has 0 aromatic heterocycles. The van der Waals surface area contributed by atoms with Crippen LogP contribution < -0.4 is 20.1 Å². The van der Waals surface area contributed by atoms with Gasteiger partial charge in [-0.1, -0.05) is 35.3 Å². The number of carbonyl (C=O) groups excluding carboxylic acids is 3. The zero-order valence-electron chi connectivity index (χ0n) is 20.3. The number of anilines is 1. The van der Waals surface area contributed by atoms with E-state index in [1.54, 1.807) is 36.4 Å². The Labute approximate surface area is 232 Å². The van der Waals surface area contributed by atoms with E-state index in [0.717, 1.165) is 4.90 Å². The first-order valence-electron chi connectivity index (χ1n) is 11.3. The Morgan fingerprint density at radius 2 is 1.77 bits per heavy atom. The normalized spacial score (nSPS) is 13.8. The van der Waals surface area contributed by atoms with Crippen molar-refractivity contribution in [1.82, 2.24) is 10.2 Å². The minimum Gasteiger partial charge on any atom is -0.495 e. The van der Waals surface area contributed by atoms with Crippen molar-refractivity contribution in [3.63, 3.8) is 0 Å². The number of amides is 4. The molecule has 1 saturated heterocycles. The second-order valence-corrected chi connectivity index (χ2v) is 8.97. The van der Waals surface area contributed by atoms with Crippen LogP contribution in [-0.4, -0.2) is 41.3 Å². The molecule has 0 spiro atoms. The van der Waals surface area contributed by atoms with Gasteiger partial charge in [0.25, 0.3) is 11.6 Å². The fraction of sp³-hybridized carbons (Fsp3) is 0.115. The summed E-state index contributed by atoms with van der Waals surface area (Å²) in [5.41, 5.74) is 1.34. The molecule has 4 amide bonds. The largest absolute Gasteiger partial charge is 0.495 e. The lowest BCUT2D eigenvalue weighted by Gasteiger charge is -2.13. The van der Waals surface area contributed by atoms with Gasteiger partial charge in [0, 0.05) is 12.1 Å². The van der Waals surface area contributed by atoms with E-state index in [1.807, 2.05) is 0 Å². The fourth-order valence-corrected chi connectivity index (χ4v) is 4.25. The smallest absolute Gasteiger partial charge is 0.329 e. The lowest BCUT2D eigenvalue weighted by molar-refractivity contribution is -0.384. The summed E-state index contributed by atoms with van der Waals surface area (Å²) in [4.78, 5) is 48.8. The minimum atomic E-state index is -0.762. The lowest BCUT2D eigenvalue weighted by Crippen LogP contribution is -2.38. The van der Waals surface area contributed by atoms with Crippen molar-refractivity contribution in [2.24, 2.45) is 0 Å². The molecule has 39 heavy (non-hydrogen) atoms. The van der Waals surface area contributed by atoms with Crippen LogP contribution in [0.15, 0.2) is 66.4 Å². The molecule has 3 aromatic carbocycles. The van der Waals surface area contributed by atoms with E-state index in [1.165, 1.54) is 37.5 Å². The fourth-order valence-electron chi connectivity index (χ4n) is 3.63. The summed E-state index contributed by atoms with van der Waals surface area (Å²) in [7, 11) is 1.45. The monoisotopic (exact) mass is 570 g/mol. The molecule has 11 nitrogen and oxygen atoms in total. The number of nitro benzene ring substituents is 1. The van der Waals surface area contributed by atoms with Gasteiger partial charge in [0.15, 0.2) is 5.75 Å². The van der Waals surface area contributed by atoms with Crippen molar-refractivity contribution in [2.45, 2.75) is 6.61 Å². The van der Waals surface area contributed by atoms with Crippen molar-refractivity contribution in [1.29, 1.82) is 0 Å². The number of methoxy groups -OCH3 is 1. The summed E-state index contributed by atoms with van der Waals surface area (Å²) in [6, 6.07) is 14.8. The number of hydrogen-bond donors (Lipinski definition) is 2. The van der Waals surface area contributed by atoms with Crippen molar-refractivity contribution >= 4 is 58.5 Å². The number of para-hydroxylation sites is 2. The summed E-state index contributed by atoms with van der Waals surface area (Å²) in [6.45, 7) is -0.463. The standard InChI is InChI=1S/C26H20Cl2N4O7/c1-38-22-5-3-2-4-20(22)29-23(33)13-31-25(34)21(30-26(31)35)12-16-10-18(27)24(19(28)11-16)39-14-15-6-8-17(9-7-15)32(36)37/h2-12H,13-14H2,1H3,(H,29,33)(H,30,35)/b21-12+. The first-order valence-corrected chi connectivity index (χ1v) is 12.0. The van der Waals surface area contributed by atoms with Crippen LogP contribution in [-0.2, 0) is 16.2 Å². The van der Waals surface area contributed by atoms with Gasteiger partial charge in [-0.2, -0.15) is 0 Å². The molecule has 1 heterocycles. The van der Waals surface area contributed by atoms with E-state index in [-0.39, 0.29) is 33.8 Å². The summed E-state index contributed by atoms with van der Waals surface area (Å²) in [5.74, 6) is -0.696. The number of nitrogens with one attached hydrogen (secondary N) is 2. The molecule has 1 aliphatic heterocycles. The predicted octanol–water partition coefficient (Wildman–Crippen LogP) is 5.02. The van der Waals surface area contributed by atoms with Crippen LogP contribution >= 0.6 is 23.2 Å². The van der Waals surface area contributed by atoms with Crippen LogP contribution in [0, 0.1) is 10.1 Å². The molecule has 0 aliphatic carbocycles. The third-order valence-electron chi connectivity index (χ3n) is 5.51. The van der Waals surface area contributed by atoms with Crippen molar-refractivity contribution in [2.75, 3.05) is 19.0 Å². The molecule has 0 unspecified atom stereocenters. The zero-order chi connectivity index (χ0) is 28.1. The average Bonchev–Trinajstić information content (AvgIpc) is 3.15. The molecule has 1 aliphatic rings. The molecular weight excluding hydrogens is 551 g/mol. The van der Waals surface area contributed by atoms with E-state index in [0.29, 0.717) is 22.6 Å². The molecule has 200 valence electrons. The van der Waals surface area contributed by atoms with Crippen molar-refractivity contribution in [3.8, 4) is 11.5 Å².